The van der Waals surface area contributed by atoms with Crippen LogP contribution in [0.3, 0.4) is 0 Å². The fraction of sp³-hybridized carbons (Fsp3) is 0.833. The number of hydrogen-bond donors (Lipinski definition) is 2. The third-order valence-corrected chi connectivity index (χ3v) is 3.17. The molecule has 2 N–H and O–H groups in total. The van der Waals surface area contributed by atoms with Crippen LogP contribution in [0.2, 0.25) is 0 Å². The molecular formula is C12H22N2O3. The van der Waals surface area contributed by atoms with Crippen molar-refractivity contribution in [2.75, 3.05) is 13.1 Å². The third-order valence-electron chi connectivity index (χ3n) is 3.17. The van der Waals surface area contributed by atoms with E-state index in [-0.39, 0.29) is 18.4 Å². The average Bonchev–Trinajstić information content (AvgIpc) is 2.22. The minimum Gasteiger partial charge on any atom is -0.481 e. The van der Waals surface area contributed by atoms with Crippen LogP contribution in [0.1, 0.15) is 33.6 Å². The lowest BCUT2D eigenvalue weighted by atomic mass is 10.0. The lowest BCUT2D eigenvalue weighted by molar-refractivity contribution is -0.144. The quantitative estimate of drug-likeness (QED) is 0.744. The molecule has 17 heavy (non-hydrogen) atoms. The number of aliphatic carboxylic acids is 1. The van der Waals surface area contributed by atoms with Gasteiger partial charge in [-0.15, -0.1) is 0 Å². The molecule has 0 aliphatic carbocycles. The SMILES string of the molecule is CC(C)CCN1C(C)CNC(=O)C1CC(=O)O. The summed E-state index contributed by atoms with van der Waals surface area (Å²) in [5.41, 5.74) is 0. The smallest absolute Gasteiger partial charge is 0.305 e. The van der Waals surface area contributed by atoms with Crippen LogP contribution in [0.25, 0.3) is 0 Å². The van der Waals surface area contributed by atoms with Crippen LogP contribution in [0, 0.1) is 5.92 Å². The van der Waals surface area contributed by atoms with Crippen LogP contribution < -0.4 is 5.32 Å². The van der Waals surface area contributed by atoms with Crippen molar-refractivity contribution in [2.24, 2.45) is 5.92 Å². The van der Waals surface area contributed by atoms with Gasteiger partial charge in [0.1, 0.15) is 0 Å². The van der Waals surface area contributed by atoms with E-state index in [1.54, 1.807) is 0 Å². The minimum atomic E-state index is -0.922. The van der Waals surface area contributed by atoms with Gasteiger partial charge in [-0.05, 0) is 25.8 Å². The van der Waals surface area contributed by atoms with E-state index in [0.29, 0.717) is 12.5 Å². The van der Waals surface area contributed by atoms with Crippen LogP contribution >= 0.6 is 0 Å². The molecule has 0 aromatic rings. The van der Waals surface area contributed by atoms with E-state index in [1.807, 2.05) is 11.8 Å². The highest BCUT2D eigenvalue weighted by Gasteiger charge is 2.35. The predicted octanol–water partition coefficient (Wildman–Crippen LogP) is 0.696. The van der Waals surface area contributed by atoms with Crippen molar-refractivity contribution in [2.45, 2.75) is 45.7 Å². The van der Waals surface area contributed by atoms with Gasteiger partial charge in [0, 0.05) is 12.6 Å². The van der Waals surface area contributed by atoms with E-state index < -0.39 is 12.0 Å². The number of nitrogens with one attached hydrogen (secondary N) is 1. The first-order valence-corrected chi connectivity index (χ1v) is 6.17. The van der Waals surface area contributed by atoms with Gasteiger partial charge in [-0.2, -0.15) is 0 Å². The Bertz CT molecular complexity index is 291. The number of carboxylic acids is 1. The van der Waals surface area contributed by atoms with Crippen molar-refractivity contribution in [1.82, 2.24) is 10.2 Å². The highest BCUT2D eigenvalue weighted by atomic mass is 16.4. The number of hydrogen-bond acceptors (Lipinski definition) is 3. The Morgan fingerprint density at radius 2 is 2.24 bits per heavy atom. The van der Waals surface area contributed by atoms with Gasteiger partial charge in [0.25, 0.3) is 0 Å². The molecule has 5 heteroatoms. The van der Waals surface area contributed by atoms with Gasteiger partial charge < -0.3 is 10.4 Å². The van der Waals surface area contributed by atoms with Gasteiger partial charge in [0.15, 0.2) is 0 Å². The summed E-state index contributed by atoms with van der Waals surface area (Å²) in [5, 5.41) is 11.6. The van der Waals surface area contributed by atoms with Crippen LogP contribution in [0.5, 0.6) is 0 Å². The fourth-order valence-electron chi connectivity index (χ4n) is 2.10. The largest absolute Gasteiger partial charge is 0.481 e. The van der Waals surface area contributed by atoms with E-state index in [0.717, 1.165) is 13.0 Å². The number of nitrogens with zero attached hydrogens (tertiary/aromatic N) is 1. The maximum atomic E-state index is 11.7. The van der Waals surface area contributed by atoms with Crippen LogP contribution in [-0.2, 0) is 9.59 Å². The summed E-state index contributed by atoms with van der Waals surface area (Å²) in [4.78, 5) is 24.5. The predicted molar refractivity (Wildman–Crippen MR) is 64.7 cm³/mol. The zero-order chi connectivity index (χ0) is 13.0. The maximum Gasteiger partial charge on any atom is 0.305 e. The fourth-order valence-corrected chi connectivity index (χ4v) is 2.10. The summed E-state index contributed by atoms with van der Waals surface area (Å²) < 4.78 is 0. The monoisotopic (exact) mass is 242 g/mol. The van der Waals surface area contributed by atoms with Gasteiger partial charge >= 0.3 is 5.97 Å². The second-order valence-corrected chi connectivity index (χ2v) is 5.13. The molecule has 0 saturated carbocycles. The molecule has 1 fully saturated rings. The lowest BCUT2D eigenvalue weighted by Gasteiger charge is -2.39. The molecule has 0 aromatic carbocycles. The zero-order valence-corrected chi connectivity index (χ0v) is 10.8. The molecule has 0 bridgehead atoms. The summed E-state index contributed by atoms with van der Waals surface area (Å²) in [7, 11) is 0. The summed E-state index contributed by atoms with van der Waals surface area (Å²) >= 11 is 0. The summed E-state index contributed by atoms with van der Waals surface area (Å²) in [6, 6.07) is -0.314. The molecule has 2 atom stereocenters. The Labute approximate surface area is 102 Å². The van der Waals surface area contributed by atoms with Gasteiger partial charge in [-0.25, -0.2) is 0 Å². The second-order valence-electron chi connectivity index (χ2n) is 5.13. The molecule has 1 aliphatic heterocycles. The van der Waals surface area contributed by atoms with E-state index in [4.69, 9.17) is 5.11 Å². The summed E-state index contributed by atoms with van der Waals surface area (Å²) in [5.74, 6) is -0.527. The molecule has 0 aromatic heterocycles. The molecule has 1 amide bonds. The molecule has 5 nitrogen and oxygen atoms in total. The molecule has 2 unspecified atom stereocenters. The zero-order valence-electron chi connectivity index (χ0n) is 10.8. The number of piperazine rings is 1. The highest BCUT2D eigenvalue weighted by molar-refractivity contribution is 5.86. The molecule has 1 heterocycles. The lowest BCUT2D eigenvalue weighted by Crippen LogP contribution is -2.60. The van der Waals surface area contributed by atoms with Crippen molar-refractivity contribution in [3.63, 3.8) is 0 Å². The highest BCUT2D eigenvalue weighted by Crippen LogP contribution is 2.16. The standard InChI is InChI=1S/C12H22N2O3/c1-8(2)4-5-14-9(3)7-13-12(17)10(14)6-11(15)16/h8-10H,4-7H2,1-3H3,(H,13,17)(H,15,16). The van der Waals surface area contributed by atoms with Gasteiger partial charge in [-0.1, -0.05) is 13.8 Å². The van der Waals surface area contributed by atoms with E-state index >= 15 is 0 Å². The van der Waals surface area contributed by atoms with Crippen molar-refractivity contribution < 1.29 is 14.7 Å². The van der Waals surface area contributed by atoms with Crippen LogP contribution in [-0.4, -0.2) is 47.1 Å². The maximum absolute atomic E-state index is 11.7. The first-order valence-electron chi connectivity index (χ1n) is 6.17. The Kier molecular flexibility index (Phi) is 4.93. The van der Waals surface area contributed by atoms with Crippen molar-refractivity contribution in [3.05, 3.63) is 0 Å². The van der Waals surface area contributed by atoms with Gasteiger partial charge in [0.05, 0.1) is 12.5 Å². The van der Waals surface area contributed by atoms with Crippen LogP contribution in [0.15, 0.2) is 0 Å². The molecule has 0 radical (unpaired) electrons. The van der Waals surface area contributed by atoms with Crippen molar-refractivity contribution in [3.8, 4) is 0 Å². The van der Waals surface area contributed by atoms with Gasteiger partial charge in [-0.3, -0.25) is 14.5 Å². The molecular weight excluding hydrogens is 220 g/mol. The summed E-state index contributed by atoms with van der Waals surface area (Å²) in [6.45, 7) is 7.66. The molecule has 98 valence electrons. The number of rotatable bonds is 5. The van der Waals surface area contributed by atoms with Crippen LogP contribution in [0.4, 0.5) is 0 Å². The minimum absolute atomic E-state index is 0.117. The van der Waals surface area contributed by atoms with E-state index in [9.17, 15) is 9.59 Å². The van der Waals surface area contributed by atoms with E-state index in [1.165, 1.54) is 0 Å². The second kappa shape index (κ2) is 6.00. The van der Waals surface area contributed by atoms with Crippen molar-refractivity contribution >= 4 is 11.9 Å². The third kappa shape index (κ3) is 4.00. The Morgan fingerprint density at radius 1 is 1.59 bits per heavy atom. The summed E-state index contributed by atoms with van der Waals surface area (Å²) in [6.07, 6.45) is 0.863. The first-order chi connectivity index (χ1) is 7.91. The number of amides is 1. The van der Waals surface area contributed by atoms with Gasteiger partial charge in [0.2, 0.25) is 5.91 Å². The van der Waals surface area contributed by atoms with E-state index in [2.05, 4.69) is 19.2 Å². The Morgan fingerprint density at radius 3 is 2.76 bits per heavy atom. The normalized spacial score (nSPS) is 26.0. The number of carbonyl (C=O) groups excluding carboxylic acids is 1. The number of carbonyl (C=O) groups is 2. The topological polar surface area (TPSA) is 69.6 Å². The molecule has 0 spiro atoms. The average molecular weight is 242 g/mol. The Hall–Kier alpha value is -1.10. The first kappa shape index (κ1) is 14.0. The molecule has 1 rings (SSSR count). The molecule has 1 saturated heterocycles. The number of carboxylic acid groups (broad SMARTS) is 1. The molecule has 1 aliphatic rings. The van der Waals surface area contributed by atoms with Crippen molar-refractivity contribution in [1.29, 1.82) is 0 Å². The Balaban J connectivity index is 2.69.